The highest BCUT2D eigenvalue weighted by atomic mass is 16.8. The van der Waals surface area contributed by atoms with Crippen LogP contribution in [0.15, 0.2) is 0 Å². The van der Waals surface area contributed by atoms with Gasteiger partial charge in [0.1, 0.15) is 25.4 Å². The van der Waals surface area contributed by atoms with Crippen molar-refractivity contribution in [3.05, 3.63) is 0 Å². The summed E-state index contributed by atoms with van der Waals surface area (Å²) < 4.78 is 33.2. The zero-order valence-electron chi connectivity index (χ0n) is 14.1. The lowest BCUT2D eigenvalue weighted by Crippen LogP contribution is -2.32. The Hall–Kier alpha value is -1.22. The molecule has 24 heavy (non-hydrogen) atoms. The molecule has 0 aliphatic carbocycles. The standard InChI is InChI=1S/C16H24O8/c1-15-5-3-13(17)20-8-12-10-22-16(2,24-12)6-4-14(18)19-7-11(23-15)9-21-15/h11-12H,3-10H2,1-2H3. The fourth-order valence-corrected chi connectivity index (χ4v) is 2.98. The summed E-state index contributed by atoms with van der Waals surface area (Å²) in [5.74, 6) is -2.39. The number of rotatable bonds is 0. The van der Waals surface area contributed by atoms with Crippen LogP contribution in [-0.4, -0.2) is 62.1 Å². The molecule has 3 heterocycles. The van der Waals surface area contributed by atoms with Crippen molar-refractivity contribution in [2.45, 2.75) is 63.3 Å². The lowest BCUT2D eigenvalue weighted by Gasteiger charge is -2.24. The number of ether oxygens (including phenoxy) is 6. The highest BCUT2D eigenvalue weighted by molar-refractivity contribution is 5.69. The van der Waals surface area contributed by atoms with E-state index in [0.717, 1.165) is 0 Å². The van der Waals surface area contributed by atoms with Gasteiger partial charge in [-0.15, -0.1) is 0 Å². The van der Waals surface area contributed by atoms with Crippen LogP contribution >= 0.6 is 0 Å². The molecule has 0 saturated carbocycles. The monoisotopic (exact) mass is 344 g/mol. The number of cyclic esters (lactones) is 2. The summed E-state index contributed by atoms with van der Waals surface area (Å²) in [7, 11) is 0. The summed E-state index contributed by atoms with van der Waals surface area (Å²) in [5, 5.41) is 0. The summed E-state index contributed by atoms with van der Waals surface area (Å²) >= 11 is 0. The highest BCUT2D eigenvalue weighted by Crippen LogP contribution is 2.30. The smallest absolute Gasteiger partial charge is 0.306 e. The van der Waals surface area contributed by atoms with Crippen LogP contribution < -0.4 is 0 Å². The Balaban J connectivity index is 1.63. The first-order chi connectivity index (χ1) is 11.4. The minimum absolute atomic E-state index is 0.125. The van der Waals surface area contributed by atoms with E-state index in [0.29, 0.717) is 26.1 Å². The predicted octanol–water partition coefficient (Wildman–Crippen LogP) is 0.910. The lowest BCUT2D eigenvalue weighted by atomic mass is 10.1. The summed E-state index contributed by atoms with van der Waals surface area (Å²) in [4.78, 5) is 23.8. The SMILES string of the molecule is CC12CCC(=O)OCC3COC(C)(CCC(=O)OCC(CO1)O2)O3. The van der Waals surface area contributed by atoms with Gasteiger partial charge in [0.2, 0.25) is 0 Å². The van der Waals surface area contributed by atoms with Gasteiger partial charge in [0.05, 0.1) is 26.1 Å². The lowest BCUT2D eigenvalue weighted by molar-refractivity contribution is -0.184. The molecule has 0 spiro atoms. The van der Waals surface area contributed by atoms with Gasteiger partial charge < -0.3 is 28.4 Å². The summed E-state index contributed by atoms with van der Waals surface area (Å²) in [6, 6.07) is 0. The van der Waals surface area contributed by atoms with Gasteiger partial charge in [0.15, 0.2) is 11.6 Å². The number of hydrogen-bond donors (Lipinski definition) is 0. The largest absolute Gasteiger partial charge is 0.463 e. The van der Waals surface area contributed by atoms with Gasteiger partial charge in [-0.25, -0.2) is 0 Å². The Kier molecular flexibility index (Phi) is 5.10. The van der Waals surface area contributed by atoms with Gasteiger partial charge in [0.25, 0.3) is 0 Å². The average molecular weight is 344 g/mol. The van der Waals surface area contributed by atoms with Gasteiger partial charge in [-0.3, -0.25) is 9.59 Å². The van der Waals surface area contributed by atoms with Crippen LogP contribution in [0, 0.1) is 0 Å². The average Bonchev–Trinajstić information content (AvgIpc) is 3.11. The van der Waals surface area contributed by atoms with E-state index < -0.39 is 11.6 Å². The first-order valence-corrected chi connectivity index (χ1v) is 8.31. The van der Waals surface area contributed by atoms with Crippen LogP contribution in [0.2, 0.25) is 0 Å². The van der Waals surface area contributed by atoms with Crippen molar-refractivity contribution in [1.29, 1.82) is 0 Å². The van der Waals surface area contributed by atoms with E-state index >= 15 is 0 Å². The van der Waals surface area contributed by atoms with E-state index in [1.54, 1.807) is 13.8 Å². The second-order valence-electron chi connectivity index (χ2n) is 6.74. The quantitative estimate of drug-likeness (QED) is 0.599. The van der Waals surface area contributed by atoms with Crippen molar-refractivity contribution in [3.63, 3.8) is 0 Å². The van der Waals surface area contributed by atoms with Crippen molar-refractivity contribution >= 4 is 11.9 Å². The van der Waals surface area contributed by atoms with E-state index in [-0.39, 0.29) is 50.2 Å². The van der Waals surface area contributed by atoms with Crippen molar-refractivity contribution in [3.8, 4) is 0 Å². The molecule has 3 aliphatic heterocycles. The fourth-order valence-electron chi connectivity index (χ4n) is 2.98. The number of carbonyl (C=O) groups is 2. The van der Waals surface area contributed by atoms with Crippen LogP contribution in [0.4, 0.5) is 0 Å². The first-order valence-electron chi connectivity index (χ1n) is 8.31. The molecule has 0 aromatic carbocycles. The third kappa shape index (κ3) is 4.44. The Bertz CT molecular complexity index is 450. The van der Waals surface area contributed by atoms with Gasteiger partial charge in [-0.1, -0.05) is 0 Å². The molecule has 0 amide bonds. The molecule has 136 valence electrons. The van der Waals surface area contributed by atoms with Crippen LogP contribution in [0.5, 0.6) is 0 Å². The molecule has 0 aromatic heterocycles. The van der Waals surface area contributed by atoms with Gasteiger partial charge >= 0.3 is 11.9 Å². The van der Waals surface area contributed by atoms with E-state index in [1.165, 1.54) is 0 Å². The predicted molar refractivity (Wildman–Crippen MR) is 78.8 cm³/mol. The Morgan fingerprint density at radius 3 is 1.58 bits per heavy atom. The second-order valence-corrected chi connectivity index (χ2v) is 6.74. The van der Waals surface area contributed by atoms with Crippen molar-refractivity contribution in [2.75, 3.05) is 26.4 Å². The van der Waals surface area contributed by atoms with Gasteiger partial charge in [-0.2, -0.15) is 0 Å². The molecule has 3 fully saturated rings. The van der Waals surface area contributed by atoms with Crippen molar-refractivity contribution in [1.82, 2.24) is 0 Å². The molecule has 0 N–H and O–H groups in total. The molecule has 3 saturated heterocycles. The molecule has 8 nitrogen and oxygen atoms in total. The maximum Gasteiger partial charge on any atom is 0.306 e. The zero-order valence-corrected chi connectivity index (χ0v) is 14.1. The molecule has 3 aliphatic rings. The molecular weight excluding hydrogens is 320 g/mol. The second kappa shape index (κ2) is 6.95. The number of esters is 2. The number of hydrogen-bond acceptors (Lipinski definition) is 8. The van der Waals surface area contributed by atoms with E-state index in [1.807, 2.05) is 0 Å². The maximum absolute atomic E-state index is 11.9. The summed E-state index contributed by atoms with van der Waals surface area (Å²) in [6.07, 6.45) is 0.428. The molecule has 4 unspecified atom stereocenters. The molecule has 3 rings (SSSR count). The van der Waals surface area contributed by atoms with Gasteiger partial charge in [0, 0.05) is 12.8 Å². The summed E-state index contributed by atoms with van der Waals surface area (Å²) in [6.45, 7) is 4.44. The molecular formula is C16H24O8. The Morgan fingerprint density at radius 2 is 1.17 bits per heavy atom. The van der Waals surface area contributed by atoms with Crippen molar-refractivity contribution in [2.24, 2.45) is 0 Å². The highest BCUT2D eigenvalue weighted by Gasteiger charge is 2.40. The number of fused-ring (bicyclic) bond motifs is 4. The Labute approximate surface area is 140 Å². The third-order valence-electron chi connectivity index (χ3n) is 4.41. The molecule has 0 aromatic rings. The Morgan fingerprint density at radius 1 is 0.750 bits per heavy atom. The first kappa shape index (κ1) is 17.6. The van der Waals surface area contributed by atoms with E-state index in [9.17, 15) is 9.59 Å². The van der Waals surface area contributed by atoms with Crippen molar-refractivity contribution < 1.29 is 38.0 Å². The van der Waals surface area contributed by atoms with E-state index in [2.05, 4.69) is 0 Å². The molecule has 0 radical (unpaired) electrons. The van der Waals surface area contributed by atoms with Crippen LogP contribution in [-0.2, 0) is 38.0 Å². The minimum Gasteiger partial charge on any atom is -0.463 e. The van der Waals surface area contributed by atoms with Gasteiger partial charge in [-0.05, 0) is 13.8 Å². The number of carbonyl (C=O) groups excluding carboxylic acids is 2. The normalized spacial score (nSPS) is 41.8. The zero-order chi connectivity index (χ0) is 17.2. The van der Waals surface area contributed by atoms with Crippen LogP contribution in [0.3, 0.4) is 0 Å². The molecule has 8 heteroatoms. The minimum atomic E-state index is -0.862. The van der Waals surface area contributed by atoms with Crippen LogP contribution in [0.1, 0.15) is 39.5 Å². The third-order valence-corrected chi connectivity index (χ3v) is 4.41. The van der Waals surface area contributed by atoms with E-state index in [4.69, 9.17) is 28.4 Å². The summed E-state index contributed by atoms with van der Waals surface area (Å²) in [5.41, 5.74) is 0. The molecule has 4 atom stereocenters. The topological polar surface area (TPSA) is 89.5 Å². The molecule has 4 bridgehead atoms. The maximum atomic E-state index is 11.9. The fraction of sp³-hybridized carbons (Fsp3) is 0.875. The van der Waals surface area contributed by atoms with Crippen LogP contribution in [0.25, 0.3) is 0 Å².